The maximum atomic E-state index is 12.3. The van der Waals surface area contributed by atoms with Crippen LogP contribution >= 0.6 is 0 Å². The molecule has 1 saturated carbocycles. The molecular weight excluding hydrogens is 346 g/mol. The minimum absolute atomic E-state index is 0.00101. The second kappa shape index (κ2) is 6.71. The van der Waals surface area contributed by atoms with Crippen molar-refractivity contribution in [1.29, 1.82) is 0 Å². The molecule has 2 heterocycles. The maximum absolute atomic E-state index is 12.3. The number of oxazole rings is 1. The first-order valence-electron chi connectivity index (χ1n) is 8.74. The van der Waals surface area contributed by atoms with Gasteiger partial charge < -0.3 is 15.5 Å². The summed E-state index contributed by atoms with van der Waals surface area (Å²) >= 11 is 0. The van der Waals surface area contributed by atoms with Crippen LogP contribution in [0.2, 0.25) is 0 Å². The summed E-state index contributed by atoms with van der Waals surface area (Å²) < 4.78 is 5.36. The molecule has 27 heavy (non-hydrogen) atoms. The number of benzene rings is 1. The molecule has 0 saturated heterocycles. The predicted octanol–water partition coefficient (Wildman–Crippen LogP) is 2.36. The third-order valence-electron chi connectivity index (χ3n) is 4.66. The van der Waals surface area contributed by atoms with E-state index in [-0.39, 0.29) is 23.6 Å². The van der Waals surface area contributed by atoms with Crippen molar-refractivity contribution in [2.45, 2.75) is 25.8 Å². The molecule has 1 aromatic carbocycles. The van der Waals surface area contributed by atoms with Gasteiger partial charge in [-0.1, -0.05) is 12.1 Å². The molecule has 138 valence electrons. The predicted molar refractivity (Wildman–Crippen MR) is 97.7 cm³/mol. The van der Waals surface area contributed by atoms with E-state index in [0.29, 0.717) is 22.9 Å². The summed E-state index contributed by atoms with van der Waals surface area (Å²) in [5.41, 5.74) is 7.69. The zero-order valence-corrected chi connectivity index (χ0v) is 14.7. The summed E-state index contributed by atoms with van der Waals surface area (Å²) in [5, 5.41) is 10.0. The van der Waals surface area contributed by atoms with Gasteiger partial charge in [-0.3, -0.25) is 14.7 Å². The van der Waals surface area contributed by atoms with E-state index in [1.165, 1.54) is 19.0 Å². The van der Waals surface area contributed by atoms with Crippen molar-refractivity contribution in [3.8, 4) is 22.7 Å². The number of nitrogens with zero attached hydrogens (tertiary/aromatic N) is 2. The minimum atomic E-state index is -0.673. The molecule has 0 radical (unpaired) electrons. The van der Waals surface area contributed by atoms with Gasteiger partial charge in [0.2, 0.25) is 11.7 Å². The van der Waals surface area contributed by atoms with Crippen molar-refractivity contribution in [3.05, 3.63) is 48.0 Å². The summed E-state index contributed by atoms with van der Waals surface area (Å²) in [6.07, 6.45) is 3.63. The van der Waals surface area contributed by atoms with Crippen molar-refractivity contribution >= 4 is 11.8 Å². The Kier molecular flexibility index (Phi) is 4.23. The molecule has 8 nitrogen and oxygen atoms in total. The lowest BCUT2D eigenvalue weighted by atomic mass is 10.1. The molecular formula is C19H19N5O3. The molecule has 4 N–H and O–H groups in total. The van der Waals surface area contributed by atoms with Crippen molar-refractivity contribution < 1.29 is 14.0 Å². The van der Waals surface area contributed by atoms with Crippen molar-refractivity contribution in [1.82, 2.24) is 20.5 Å². The maximum Gasteiger partial charge on any atom is 0.286 e. The van der Waals surface area contributed by atoms with Crippen LogP contribution in [0.25, 0.3) is 22.7 Å². The highest BCUT2D eigenvalue weighted by Crippen LogP contribution is 2.32. The van der Waals surface area contributed by atoms with Crippen LogP contribution in [0.15, 0.2) is 40.9 Å². The van der Waals surface area contributed by atoms with E-state index < -0.39 is 5.91 Å². The first-order valence-corrected chi connectivity index (χ1v) is 8.74. The van der Waals surface area contributed by atoms with E-state index in [1.54, 1.807) is 12.1 Å². The Morgan fingerprint density at radius 3 is 2.78 bits per heavy atom. The molecule has 1 fully saturated rings. The molecule has 8 heteroatoms. The first-order chi connectivity index (χ1) is 13.0. The molecule has 2 aromatic heterocycles. The number of rotatable bonds is 6. The average molecular weight is 365 g/mol. The SMILES string of the molecule is CC(NC(=O)c1cc(-c2cccc(-c3ncc(C(N)=O)o3)c2)n[nH]1)C1CC1. The Balaban J connectivity index is 1.54. The number of hydrogen-bond donors (Lipinski definition) is 3. The Morgan fingerprint density at radius 1 is 1.30 bits per heavy atom. The number of nitrogens with two attached hydrogens (primary N) is 1. The molecule has 1 aliphatic carbocycles. The fraction of sp³-hybridized carbons (Fsp3) is 0.263. The highest BCUT2D eigenvalue weighted by Gasteiger charge is 2.29. The van der Waals surface area contributed by atoms with Crippen LogP contribution in [0.1, 0.15) is 40.8 Å². The van der Waals surface area contributed by atoms with Crippen LogP contribution in [-0.2, 0) is 0 Å². The van der Waals surface area contributed by atoms with E-state index in [4.69, 9.17) is 10.2 Å². The Bertz CT molecular complexity index is 1000. The number of amides is 2. The Hall–Kier alpha value is -3.42. The zero-order valence-electron chi connectivity index (χ0n) is 14.7. The highest BCUT2D eigenvalue weighted by atomic mass is 16.4. The molecule has 0 spiro atoms. The molecule has 1 atom stereocenters. The number of hydrogen-bond acceptors (Lipinski definition) is 5. The van der Waals surface area contributed by atoms with Gasteiger partial charge >= 0.3 is 0 Å². The summed E-state index contributed by atoms with van der Waals surface area (Å²) in [6.45, 7) is 2.02. The van der Waals surface area contributed by atoms with Crippen LogP contribution in [0.3, 0.4) is 0 Å². The summed E-state index contributed by atoms with van der Waals surface area (Å²) in [6, 6.07) is 9.18. The fourth-order valence-corrected chi connectivity index (χ4v) is 2.92. The Morgan fingerprint density at radius 2 is 2.07 bits per heavy atom. The number of nitrogens with one attached hydrogen (secondary N) is 2. The summed E-state index contributed by atoms with van der Waals surface area (Å²) in [4.78, 5) is 27.6. The molecule has 1 aliphatic rings. The van der Waals surface area contributed by atoms with E-state index in [2.05, 4.69) is 20.5 Å². The standard InChI is InChI=1S/C19H19N5O3/c1-10(11-5-6-11)22-18(26)15-8-14(23-24-15)12-3-2-4-13(7-12)19-21-9-16(27-19)17(20)25/h2-4,7-11H,5-6H2,1H3,(H2,20,25)(H,22,26)(H,23,24). The van der Waals surface area contributed by atoms with E-state index in [9.17, 15) is 9.59 Å². The van der Waals surface area contributed by atoms with Gasteiger partial charge in [0.15, 0.2) is 0 Å². The van der Waals surface area contributed by atoms with Gasteiger partial charge in [0.05, 0.1) is 11.9 Å². The summed E-state index contributed by atoms with van der Waals surface area (Å²) in [7, 11) is 0. The Labute approximate surface area is 155 Å². The molecule has 2 amide bonds. The average Bonchev–Trinajstić information content (AvgIpc) is 3.20. The van der Waals surface area contributed by atoms with E-state index in [0.717, 1.165) is 5.56 Å². The van der Waals surface area contributed by atoms with E-state index >= 15 is 0 Å². The monoisotopic (exact) mass is 365 g/mol. The van der Waals surface area contributed by atoms with Gasteiger partial charge in [-0.15, -0.1) is 0 Å². The van der Waals surface area contributed by atoms with Gasteiger partial charge in [0, 0.05) is 17.2 Å². The molecule has 0 aliphatic heterocycles. The van der Waals surface area contributed by atoms with Crippen LogP contribution < -0.4 is 11.1 Å². The zero-order chi connectivity index (χ0) is 19.0. The lowest BCUT2D eigenvalue weighted by molar-refractivity contribution is 0.0929. The van der Waals surface area contributed by atoms with Crippen molar-refractivity contribution in [2.24, 2.45) is 11.7 Å². The third kappa shape index (κ3) is 3.59. The number of aromatic amines is 1. The quantitative estimate of drug-likeness (QED) is 0.618. The minimum Gasteiger partial charge on any atom is -0.431 e. The second-order valence-corrected chi connectivity index (χ2v) is 6.74. The molecule has 1 unspecified atom stereocenters. The van der Waals surface area contributed by atoms with Gasteiger partial charge in [-0.05, 0) is 43.9 Å². The molecule has 4 rings (SSSR count). The first kappa shape index (κ1) is 17.0. The van der Waals surface area contributed by atoms with Gasteiger partial charge in [-0.2, -0.15) is 5.10 Å². The van der Waals surface area contributed by atoms with Crippen molar-refractivity contribution in [2.75, 3.05) is 0 Å². The highest BCUT2D eigenvalue weighted by molar-refractivity contribution is 5.93. The molecule has 0 bridgehead atoms. The van der Waals surface area contributed by atoms with Gasteiger partial charge in [0.25, 0.3) is 11.8 Å². The fourth-order valence-electron chi connectivity index (χ4n) is 2.92. The second-order valence-electron chi connectivity index (χ2n) is 6.74. The van der Waals surface area contributed by atoms with Crippen LogP contribution in [0.5, 0.6) is 0 Å². The largest absolute Gasteiger partial charge is 0.431 e. The van der Waals surface area contributed by atoms with Crippen LogP contribution in [0, 0.1) is 5.92 Å². The van der Waals surface area contributed by atoms with Gasteiger partial charge in [-0.25, -0.2) is 4.98 Å². The normalized spacial score (nSPS) is 14.7. The molecule has 3 aromatic rings. The number of primary amides is 1. The van der Waals surface area contributed by atoms with Crippen LogP contribution in [-0.4, -0.2) is 33.0 Å². The number of carbonyl (C=O) groups excluding carboxylic acids is 2. The van der Waals surface area contributed by atoms with Crippen LogP contribution in [0.4, 0.5) is 0 Å². The smallest absolute Gasteiger partial charge is 0.286 e. The number of carbonyl (C=O) groups is 2. The summed E-state index contributed by atoms with van der Waals surface area (Å²) in [5.74, 6) is 0.0341. The lowest BCUT2D eigenvalue weighted by Gasteiger charge is -2.11. The third-order valence-corrected chi connectivity index (χ3v) is 4.66. The number of H-pyrrole nitrogens is 1. The van der Waals surface area contributed by atoms with Gasteiger partial charge in [0.1, 0.15) is 5.69 Å². The van der Waals surface area contributed by atoms with Crippen molar-refractivity contribution in [3.63, 3.8) is 0 Å². The number of aromatic nitrogens is 3. The van der Waals surface area contributed by atoms with E-state index in [1.807, 2.05) is 25.1 Å². The topological polar surface area (TPSA) is 127 Å². The lowest BCUT2D eigenvalue weighted by Crippen LogP contribution is -2.34.